The predicted molar refractivity (Wildman–Crippen MR) is 148 cm³/mol. The summed E-state index contributed by atoms with van der Waals surface area (Å²) in [7, 11) is 1.57. The van der Waals surface area contributed by atoms with Gasteiger partial charge in [-0.2, -0.15) is 0 Å². The number of nitrogens with one attached hydrogen (secondary N) is 1. The fourth-order valence-corrected chi connectivity index (χ4v) is 5.36. The van der Waals surface area contributed by atoms with Crippen molar-refractivity contribution < 1.29 is 14.4 Å². The van der Waals surface area contributed by atoms with Gasteiger partial charge in [-0.1, -0.05) is 82.7 Å². The second-order valence-electron chi connectivity index (χ2n) is 9.04. The van der Waals surface area contributed by atoms with Crippen LogP contribution in [0.4, 0.5) is 5.69 Å². The van der Waals surface area contributed by atoms with E-state index in [1.165, 1.54) is 4.90 Å². The van der Waals surface area contributed by atoms with Crippen LogP contribution in [0, 0.1) is 0 Å². The standard InChI is InChI=1S/C30H26BrN3O3/c1-32-29(36)26(17-20-8-3-2-4-9-20)33(18-21-10-5-13-23(31)16-21)27(35)19-34-25-15-7-12-22-11-6-14-24(28(22)25)30(34)37/h2-16,26H,17-19H2,1H3,(H,32,36). The fraction of sp³-hybridized carbons (Fsp3) is 0.167. The fourth-order valence-electron chi connectivity index (χ4n) is 4.91. The molecule has 1 aliphatic rings. The third-order valence-electron chi connectivity index (χ3n) is 6.70. The van der Waals surface area contributed by atoms with Crippen molar-refractivity contribution in [2.24, 2.45) is 0 Å². The SMILES string of the molecule is CNC(=O)C(Cc1ccccc1)N(Cc1cccc(Br)c1)C(=O)CN1C(=O)c2cccc3cccc1c23. The molecule has 4 aromatic rings. The van der Waals surface area contributed by atoms with E-state index in [0.29, 0.717) is 17.7 Å². The molecule has 1 aliphatic heterocycles. The normalized spacial score (nSPS) is 13.0. The van der Waals surface area contributed by atoms with Crippen molar-refractivity contribution in [2.45, 2.75) is 19.0 Å². The van der Waals surface area contributed by atoms with Gasteiger partial charge in [0.2, 0.25) is 11.8 Å². The van der Waals surface area contributed by atoms with Gasteiger partial charge in [-0.25, -0.2) is 0 Å². The second kappa shape index (κ2) is 10.6. The molecule has 0 radical (unpaired) electrons. The molecule has 186 valence electrons. The van der Waals surface area contributed by atoms with Gasteiger partial charge in [-0.05, 0) is 40.8 Å². The first-order valence-corrected chi connectivity index (χ1v) is 12.9. The lowest BCUT2D eigenvalue weighted by Crippen LogP contribution is -2.52. The monoisotopic (exact) mass is 555 g/mol. The molecule has 5 rings (SSSR count). The number of likely N-dealkylation sites (N-methyl/N-ethyl adjacent to an activating group) is 1. The Balaban J connectivity index is 1.50. The maximum Gasteiger partial charge on any atom is 0.259 e. The van der Waals surface area contributed by atoms with E-state index in [9.17, 15) is 14.4 Å². The van der Waals surface area contributed by atoms with Gasteiger partial charge in [-0.3, -0.25) is 19.3 Å². The quantitative estimate of drug-likeness (QED) is 0.334. The average molecular weight is 556 g/mol. The van der Waals surface area contributed by atoms with E-state index in [1.807, 2.05) is 84.9 Å². The molecule has 37 heavy (non-hydrogen) atoms. The molecule has 0 saturated heterocycles. The van der Waals surface area contributed by atoms with Gasteiger partial charge < -0.3 is 10.2 Å². The summed E-state index contributed by atoms with van der Waals surface area (Å²) in [5.74, 6) is -0.768. The summed E-state index contributed by atoms with van der Waals surface area (Å²) in [5.41, 5.74) is 3.13. The van der Waals surface area contributed by atoms with Gasteiger partial charge in [0.05, 0.1) is 5.69 Å². The Morgan fingerprint density at radius 2 is 1.62 bits per heavy atom. The highest BCUT2D eigenvalue weighted by Gasteiger charge is 2.35. The van der Waals surface area contributed by atoms with Crippen LogP contribution < -0.4 is 10.2 Å². The first-order valence-electron chi connectivity index (χ1n) is 12.1. The van der Waals surface area contributed by atoms with E-state index in [1.54, 1.807) is 18.0 Å². The van der Waals surface area contributed by atoms with Crippen LogP contribution >= 0.6 is 15.9 Å². The minimum Gasteiger partial charge on any atom is -0.357 e. The number of nitrogens with zero attached hydrogens (tertiary/aromatic N) is 2. The Labute approximate surface area is 224 Å². The third kappa shape index (κ3) is 5.00. The molecule has 0 bridgehead atoms. The van der Waals surface area contributed by atoms with E-state index in [4.69, 9.17) is 0 Å². The van der Waals surface area contributed by atoms with Gasteiger partial charge in [0.15, 0.2) is 0 Å². The topological polar surface area (TPSA) is 69.7 Å². The molecular formula is C30H26BrN3O3. The molecule has 7 heteroatoms. The number of benzene rings is 4. The summed E-state index contributed by atoms with van der Waals surface area (Å²) in [5, 5.41) is 4.54. The highest BCUT2D eigenvalue weighted by molar-refractivity contribution is 9.10. The van der Waals surface area contributed by atoms with Crippen LogP contribution in [0.3, 0.4) is 0 Å². The zero-order valence-corrected chi connectivity index (χ0v) is 21.9. The molecule has 0 aliphatic carbocycles. The first kappa shape index (κ1) is 24.7. The lowest BCUT2D eigenvalue weighted by atomic mass is 10.0. The van der Waals surface area contributed by atoms with Crippen LogP contribution in [0.15, 0.2) is 95.5 Å². The Bertz CT molecular complexity index is 1480. The molecule has 1 heterocycles. The van der Waals surface area contributed by atoms with Gasteiger partial charge >= 0.3 is 0 Å². The van der Waals surface area contributed by atoms with Crippen LogP contribution in [0.5, 0.6) is 0 Å². The molecule has 0 aromatic heterocycles. The Kier molecular flexibility index (Phi) is 7.06. The molecule has 0 fully saturated rings. The second-order valence-corrected chi connectivity index (χ2v) is 9.96. The number of amides is 3. The van der Waals surface area contributed by atoms with Crippen LogP contribution in [-0.4, -0.2) is 42.3 Å². The van der Waals surface area contributed by atoms with Crippen molar-refractivity contribution in [3.8, 4) is 0 Å². The minimum atomic E-state index is -0.755. The Morgan fingerprint density at radius 3 is 2.35 bits per heavy atom. The maximum absolute atomic E-state index is 14.0. The number of carbonyl (C=O) groups excluding carboxylic acids is 3. The molecule has 1 atom stereocenters. The van der Waals surface area contributed by atoms with Gasteiger partial charge in [0.1, 0.15) is 12.6 Å². The van der Waals surface area contributed by atoms with Crippen LogP contribution in [0.1, 0.15) is 21.5 Å². The van der Waals surface area contributed by atoms with Crippen LogP contribution in [0.2, 0.25) is 0 Å². The van der Waals surface area contributed by atoms with E-state index >= 15 is 0 Å². The molecule has 3 amide bonds. The van der Waals surface area contributed by atoms with E-state index in [0.717, 1.165) is 26.4 Å². The lowest BCUT2D eigenvalue weighted by Gasteiger charge is -2.32. The van der Waals surface area contributed by atoms with Gasteiger partial charge in [-0.15, -0.1) is 0 Å². The van der Waals surface area contributed by atoms with Crippen LogP contribution in [0.25, 0.3) is 10.8 Å². The summed E-state index contributed by atoms with van der Waals surface area (Å²) in [6.07, 6.45) is 0.351. The van der Waals surface area contributed by atoms with Crippen molar-refractivity contribution in [1.29, 1.82) is 0 Å². The highest BCUT2D eigenvalue weighted by atomic mass is 79.9. The molecule has 6 nitrogen and oxygen atoms in total. The zero-order valence-electron chi connectivity index (χ0n) is 20.4. The summed E-state index contributed by atoms with van der Waals surface area (Å²) in [4.78, 5) is 43.6. The maximum atomic E-state index is 14.0. The van der Waals surface area contributed by atoms with Crippen molar-refractivity contribution in [1.82, 2.24) is 10.2 Å². The Hall–Kier alpha value is -3.97. The lowest BCUT2D eigenvalue weighted by molar-refractivity contribution is -0.140. The van der Waals surface area contributed by atoms with Crippen LogP contribution in [-0.2, 0) is 22.6 Å². The summed E-state index contributed by atoms with van der Waals surface area (Å²) < 4.78 is 0.883. The first-order chi connectivity index (χ1) is 18.0. The molecule has 1 unspecified atom stereocenters. The summed E-state index contributed by atoms with van der Waals surface area (Å²) >= 11 is 3.50. The van der Waals surface area contributed by atoms with Crippen molar-refractivity contribution in [3.63, 3.8) is 0 Å². The van der Waals surface area contributed by atoms with Crippen molar-refractivity contribution >= 4 is 50.1 Å². The zero-order chi connectivity index (χ0) is 25.9. The smallest absolute Gasteiger partial charge is 0.259 e. The number of halogens is 1. The minimum absolute atomic E-state index is 0.164. The number of hydrogen-bond acceptors (Lipinski definition) is 3. The Morgan fingerprint density at radius 1 is 0.919 bits per heavy atom. The number of rotatable bonds is 8. The predicted octanol–water partition coefficient (Wildman–Crippen LogP) is 4.95. The largest absolute Gasteiger partial charge is 0.357 e. The van der Waals surface area contributed by atoms with Crippen molar-refractivity contribution in [2.75, 3.05) is 18.5 Å². The number of hydrogen-bond donors (Lipinski definition) is 1. The van der Waals surface area contributed by atoms with E-state index in [-0.39, 0.29) is 30.8 Å². The van der Waals surface area contributed by atoms with E-state index in [2.05, 4.69) is 21.2 Å². The highest BCUT2D eigenvalue weighted by Crippen LogP contribution is 2.37. The van der Waals surface area contributed by atoms with E-state index < -0.39 is 6.04 Å². The molecule has 0 spiro atoms. The number of anilines is 1. The molecular weight excluding hydrogens is 530 g/mol. The summed E-state index contributed by atoms with van der Waals surface area (Å²) in [6, 6.07) is 27.9. The summed E-state index contributed by atoms with van der Waals surface area (Å²) in [6.45, 7) is 0.0608. The third-order valence-corrected chi connectivity index (χ3v) is 7.20. The molecule has 0 saturated carbocycles. The average Bonchev–Trinajstić information content (AvgIpc) is 3.18. The van der Waals surface area contributed by atoms with Gasteiger partial charge in [0, 0.05) is 35.4 Å². The molecule has 4 aromatic carbocycles. The number of carbonyl (C=O) groups is 3. The molecule has 1 N–H and O–H groups in total. The van der Waals surface area contributed by atoms with Crippen molar-refractivity contribution in [3.05, 3.63) is 112 Å². The van der Waals surface area contributed by atoms with Gasteiger partial charge in [0.25, 0.3) is 5.91 Å².